The maximum Gasteiger partial charge on any atom is 0.184 e. The van der Waals surface area contributed by atoms with E-state index < -0.39 is 5.54 Å². The van der Waals surface area contributed by atoms with Crippen molar-refractivity contribution in [2.45, 2.75) is 37.6 Å². The molecule has 0 radical (unpaired) electrons. The number of pyridine rings is 1. The van der Waals surface area contributed by atoms with Crippen LogP contribution in [0.2, 0.25) is 0 Å². The largest absolute Gasteiger partial charge is 0.319 e. The number of Topliss-reactive ketones (excluding diaryl/α,β-unsaturated/α-hetero) is 1. The summed E-state index contributed by atoms with van der Waals surface area (Å²) in [4.78, 5) is 17.0. The molecule has 1 aromatic carbocycles. The van der Waals surface area contributed by atoms with Crippen LogP contribution in [0.4, 0.5) is 0 Å². The van der Waals surface area contributed by atoms with Crippen LogP contribution in [0.25, 0.3) is 10.9 Å². The molecule has 2 N–H and O–H groups in total. The van der Waals surface area contributed by atoms with Crippen LogP contribution in [0, 0.1) is 0 Å². The summed E-state index contributed by atoms with van der Waals surface area (Å²) in [6.07, 6.45) is 6.51. The molecule has 0 amide bonds. The molecule has 3 nitrogen and oxygen atoms in total. The molecule has 0 aliphatic heterocycles. The molecule has 0 saturated heterocycles. The molecule has 1 aliphatic carbocycles. The molecule has 1 aromatic heterocycles. The Hall–Kier alpha value is -1.74. The lowest BCUT2D eigenvalue weighted by molar-refractivity contribution is 0.0847. The van der Waals surface area contributed by atoms with Crippen LogP contribution in [0.5, 0.6) is 0 Å². The maximum atomic E-state index is 12.6. The van der Waals surface area contributed by atoms with Crippen molar-refractivity contribution < 1.29 is 4.79 Å². The fourth-order valence-electron chi connectivity index (χ4n) is 2.89. The van der Waals surface area contributed by atoms with E-state index in [9.17, 15) is 4.79 Å². The summed E-state index contributed by atoms with van der Waals surface area (Å²) >= 11 is 0. The third-order valence-electron chi connectivity index (χ3n) is 4.05. The summed E-state index contributed by atoms with van der Waals surface area (Å²) in [5.41, 5.74) is 7.18. The van der Waals surface area contributed by atoms with Gasteiger partial charge in [-0.1, -0.05) is 37.5 Å². The fraction of sp³-hybridized carbons (Fsp3) is 0.375. The summed E-state index contributed by atoms with van der Waals surface area (Å²) in [6, 6.07) is 9.74. The van der Waals surface area contributed by atoms with Gasteiger partial charge in [-0.25, -0.2) is 0 Å². The SMILES string of the molecule is NC1(C(=O)c2cnc3ccccc3c2)CCCCC1. The van der Waals surface area contributed by atoms with Gasteiger partial charge in [-0.3, -0.25) is 9.78 Å². The van der Waals surface area contributed by atoms with Crippen molar-refractivity contribution in [2.75, 3.05) is 0 Å². The molecule has 0 bridgehead atoms. The Bertz CT molecular complexity index is 615. The highest BCUT2D eigenvalue weighted by Crippen LogP contribution is 2.29. The molecular formula is C16H18N2O. The number of nitrogens with zero attached hydrogens (tertiary/aromatic N) is 1. The minimum Gasteiger partial charge on any atom is -0.319 e. The smallest absolute Gasteiger partial charge is 0.184 e. The van der Waals surface area contributed by atoms with Crippen molar-refractivity contribution in [3.8, 4) is 0 Å². The van der Waals surface area contributed by atoms with Gasteiger partial charge in [0.05, 0.1) is 11.1 Å². The zero-order valence-corrected chi connectivity index (χ0v) is 10.9. The number of carbonyl (C=O) groups excluding carboxylic acids is 1. The number of benzene rings is 1. The second kappa shape index (κ2) is 4.74. The van der Waals surface area contributed by atoms with Gasteiger partial charge >= 0.3 is 0 Å². The first-order valence-electron chi connectivity index (χ1n) is 6.88. The van der Waals surface area contributed by atoms with Crippen LogP contribution in [0.15, 0.2) is 36.5 Å². The maximum absolute atomic E-state index is 12.6. The molecule has 3 rings (SSSR count). The third kappa shape index (κ3) is 2.26. The average molecular weight is 254 g/mol. The number of ketones is 1. The van der Waals surface area contributed by atoms with Gasteiger partial charge in [0.1, 0.15) is 0 Å². The molecule has 0 unspecified atom stereocenters. The van der Waals surface area contributed by atoms with Crippen molar-refractivity contribution in [1.29, 1.82) is 0 Å². The Morgan fingerprint density at radius 2 is 1.89 bits per heavy atom. The Labute approximate surface area is 112 Å². The molecule has 0 spiro atoms. The van der Waals surface area contributed by atoms with Gasteiger partial charge in [0.25, 0.3) is 0 Å². The minimum absolute atomic E-state index is 0.0467. The summed E-state index contributed by atoms with van der Waals surface area (Å²) in [6.45, 7) is 0. The average Bonchev–Trinajstić information content (AvgIpc) is 2.47. The van der Waals surface area contributed by atoms with Gasteiger partial charge in [-0.15, -0.1) is 0 Å². The zero-order chi connectivity index (χ0) is 13.3. The van der Waals surface area contributed by atoms with Crippen LogP contribution in [-0.2, 0) is 0 Å². The molecule has 1 fully saturated rings. The standard InChI is InChI=1S/C16H18N2O/c17-16(8-4-1-5-9-16)15(19)13-10-12-6-2-3-7-14(12)18-11-13/h2-3,6-7,10-11H,1,4-5,8-9,17H2. The fourth-order valence-corrected chi connectivity index (χ4v) is 2.89. The van der Waals surface area contributed by atoms with Crippen LogP contribution >= 0.6 is 0 Å². The van der Waals surface area contributed by atoms with Crippen LogP contribution in [-0.4, -0.2) is 16.3 Å². The highest BCUT2D eigenvalue weighted by molar-refractivity contribution is 6.04. The lowest BCUT2D eigenvalue weighted by Crippen LogP contribution is -2.49. The number of hydrogen-bond donors (Lipinski definition) is 1. The first kappa shape index (κ1) is 12.3. The first-order chi connectivity index (χ1) is 9.19. The summed E-state index contributed by atoms with van der Waals surface area (Å²) in [5.74, 6) is 0.0467. The Balaban J connectivity index is 1.97. The van der Waals surface area contributed by atoms with E-state index in [1.807, 2.05) is 30.3 Å². The van der Waals surface area contributed by atoms with Gasteiger partial charge in [0, 0.05) is 17.1 Å². The summed E-state index contributed by atoms with van der Waals surface area (Å²) in [5, 5.41) is 0.993. The molecule has 1 saturated carbocycles. The quantitative estimate of drug-likeness (QED) is 0.838. The minimum atomic E-state index is -0.678. The predicted molar refractivity (Wildman–Crippen MR) is 76.1 cm³/mol. The van der Waals surface area contributed by atoms with E-state index in [-0.39, 0.29) is 5.78 Å². The normalized spacial score (nSPS) is 18.4. The molecule has 1 aliphatic rings. The Kier molecular flexibility index (Phi) is 3.07. The number of fused-ring (bicyclic) bond motifs is 1. The van der Waals surface area contributed by atoms with E-state index in [2.05, 4.69) is 4.98 Å². The molecule has 98 valence electrons. The second-order valence-electron chi connectivity index (χ2n) is 5.46. The number of hydrogen-bond acceptors (Lipinski definition) is 3. The van der Waals surface area contributed by atoms with E-state index in [0.29, 0.717) is 5.56 Å². The van der Waals surface area contributed by atoms with Crippen LogP contribution < -0.4 is 5.73 Å². The molecule has 19 heavy (non-hydrogen) atoms. The molecule has 3 heteroatoms. The van der Waals surface area contributed by atoms with E-state index in [1.165, 1.54) is 6.42 Å². The van der Waals surface area contributed by atoms with Crippen LogP contribution in [0.1, 0.15) is 42.5 Å². The third-order valence-corrected chi connectivity index (χ3v) is 4.05. The Morgan fingerprint density at radius 1 is 1.16 bits per heavy atom. The van der Waals surface area contributed by atoms with Crippen molar-refractivity contribution >= 4 is 16.7 Å². The van der Waals surface area contributed by atoms with Gasteiger partial charge in [-0.05, 0) is 25.0 Å². The molecule has 0 atom stereocenters. The second-order valence-corrected chi connectivity index (χ2v) is 5.46. The van der Waals surface area contributed by atoms with Crippen molar-refractivity contribution in [3.63, 3.8) is 0 Å². The van der Waals surface area contributed by atoms with Gasteiger partial charge < -0.3 is 5.73 Å². The molecule has 1 heterocycles. The van der Waals surface area contributed by atoms with Gasteiger partial charge in [0.2, 0.25) is 0 Å². The summed E-state index contributed by atoms with van der Waals surface area (Å²) < 4.78 is 0. The van der Waals surface area contributed by atoms with Crippen molar-refractivity contribution in [1.82, 2.24) is 4.98 Å². The first-order valence-corrected chi connectivity index (χ1v) is 6.88. The highest BCUT2D eigenvalue weighted by atomic mass is 16.1. The number of aromatic nitrogens is 1. The van der Waals surface area contributed by atoms with E-state index in [1.54, 1.807) is 6.20 Å². The molecular weight excluding hydrogens is 236 g/mol. The highest BCUT2D eigenvalue weighted by Gasteiger charge is 2.35. The number of nitrogens with two attached hydrogens (primary N) is 1. The van der Waals surface area contributed by atoms with Gasteiger partial charge in [-0.2, -0.15) is 0 Å². The number of rotatable bonds is 2. The van der Waals surface area contributed by atoms with E-state index >= 15 is 0 Å². The number of carbonyl (C=O) groups is 1. The topological polar surface area (TPSA) is 56.0 Å². The predicted octanol–water partition coefficient (Wildman–Crippen LogP) is 3.08. The van der Waals surface area contributed by atoms with Crippen LogP contribution in [0.3, 0.4) is 0 Å². The summed E-state index contributed by atoms with van der Waals surface area (Å²) in [7, 11) is 0. The Morgan fingerprint density at radius 3 is 2.68 bits per heavy atom. The lowest BCUT2D eigenvalue weighted by atomic mass is 9.77. The van der Waals surface area contributed by atoms with E-state index in [4.69, 9.17) is 5.73 Å². The number of para-hydroxylation sites is 1. The van der Waals surface area contributed by atoms with E-state index in [0.717, 1.165) is 36.6 Å². The monoisotopic (exact) mass is 254 g/mol. The lowest BCUT2D eigenvalue weighted by Gasteiger charge is -2.31. The molecule has 2 aromatic rings. The van der Waals surface area contributed by atoms with Crippen molar-refractivity contribution in [2.24, 2.45) is 5.73 Å². The van der Waals surface area contributed by atoms with Gasteiger partial charge in [0.15, 0.2) is 5.78 Å². The zero-order valence-electron chi connectivity index (χ0n) is 10.9. The van der Waals surface area contributed by atoms with Crippen molar-refractivity contribution in [3.05, 3.63) is 42.1 Å².